The molecule has 9 heteroatoms. The van der Waals surface area contributed by atoms with E-state index in [0.29, 0.717) is 12.8 Å². The molecule has 0 aromatic carbocycles. The summed E-state index contributed by atoms with van der Waals surface area (Å²) < 4.78 is 22.2. The average Bonchev–Trinajstić information content (AvgIpc) is 3.17. The third kappa shape index (κ3) is 41.2. The van der Waals surface area contributed by atoms with Crippen molar-refractivity contribution in [1.29, 1.82) is 0 Å². The zero-order chi connectivity index (χ0) is 40.3. The smallest absolute Gasteiger partial charge is 0.391 e. The maximum Gasteiger partial charge on any atom is 0.472 e. The van der Waals surface area contributed by atoms with Crippen molar-refractivity contribution in [3.05, 3.63) is 12.2 Å². The molecule has 0 aliphatic heterocycles. The minimum absolute atomic E-state index is 0.0894. The number of nitrogens with one attached hydrogen (secondary N) is 1. The average molecular weight is 801 g/mol. The van der Waals surface area contributed by atoms with Crippen molar-refractivity contribution in [3.8, 4) is 0 Å². The summed E-state index contributed by atoms with van der Waals surface area (Å²) >= 11 is 0. The Balaban J connectivity index is 4.07. The first kappa shape index (κ1) is 54.2. The van der Waals surface area contributed by atoms with Crippen molar-refractivity contribution in [2.24, 2.45) is 5.73 Å². The van der Waals surface area contributed by atoms with Gasteiger partial charge in [0, 0.05) is 13.0 Å². The Morgan fingerprint density at radius 1 is 0.582 bits per heavy atom. The summed E-state index contributed by atoms with van der Waals surface area (Å²) in [5, 5.41) is 13.8. The van der Waals surface area contributed by atoms with Crippen LogP contribution in [0.4, 0.5) is 0 Å². The van der Waals surface area contributed by atoms with E-state index in [2.05, 4.69) is 31.3 Å². The van der Waals surface area contributed by atoms with Gasteiger partial charge in [0.15, 0.2) is 0 Å². The SMILES string of the molecule is CCCCCCCC/C=C\CCCCCCCC(=O)NC(COP(=O)(O)OCCN)C(O)CCCCCCCCCCCCCCCCCCCCCCC. The molecule has 0 aromatic heterocycles. The number of nitrogens with two attached hydrogens (primary N) is 1. The van der Waals surface area contributed by atoms with Crippen molar-refractivity contribution < 1.29 is 28.4 Å². The van der Waals surface area contributed by atoms with E-state index in [9.17, 15) is 19.4 Å². The van der Waals surface area contributed by atoms with Crippen LogP contribution in [-0.2, 0) is 18.4 Å². The molecule has 0 saturated heterocycles. The molecule has 0 aliphatic carbocycles. The summed E-state index contributed by atoms with van der Waals surface area (Å²) in [5.74, 6) is -0.167. The van der Waals surface area contributed by atoms with Gasteiger partial charge in [-0.1, -0.05) is 212 Å². The third-order valence-corrected chi connectivity index (χ3v) is 11.9. The van der Waals surface area contributed by atoms with Crippen LogP contribution in [0.5, 0.6) is 0 Å². The zero-order valence-corrected chi connectivity index (χ0v) is 37.3. The molecule has 0 fully saturated rings. The van der Waals surface area contributed by atoms with Gasteiger partial charge in [0.1, 0.15) is 0 Å². The molecule has 3 unspecified atom stereocenters. The van der Waals surface area contributed by atoms with Crippen LogP contribution in [0.1, 0.15) is 245 Å². The predicted molar refractivity (Wildman–Crippen MR) is 235 cm³/mol. The van der Waals surface area contributed by atoms with Gasteiger partial charge in [-0.25, -0.2) is 4.57 Å². The highest BCUT2D eigenvalue weighted by molar-refractivity contribution is 7.47. The van der Waals surface area contributed by atoms with Gasteiger partial charge < -0.3 is 21.1 Å². The normalized spacial score (nSPS) is 14.1. The molecule has 0 heterocycles. The van der Waals surface area contributed by atoms with Crippen molar-refractivity contribution >= 4 is 13.7 Å². The van der Waals surface area contributed by atoms with E-state index in [0.717, 1.165) is 51.4 Å². The fraction of sp³-hybridized carbons (Fsp3) is 0.935. The molecule has 8 nitrogen and oxygen atoms in total. The van der Waals surface area contributed by atoms with E-state index in [-0.39, 0.29) is 25.7 Å². The molecular weight excluding hydrogens is 707 g/mol. The number of carbonyl (C=O) groups is 1. The summed E-state index contributed by atoms with van der Waals surface area (Å²) in [6.07, 6.45) is 48.0. The van der Waals surface area contributed by atoms with Crippen molar-refractivity contribution in [3.63, 3.8) is 0 Å². The van der Waals surface area contributed by atoms with Crippen LogP contribution in [0.3, 0.4) is 0 Å². The van der Waals surface area contributed by atoms with Crippen molar-refractivity contribution in [1.82, 2.24) is 5.32 Å². The van der Waals surface area contributed by atoms with Crippen LogP contribution in [0, 0.1) is 0 Å². The molecule has 0 rings (SSSR count). The van der Waals surface area contributed by atoms with E-state index < -0.39 is 20.0 Å². The van der Waals surface area contributed by atoms with Gasteiger partial charge in [-0.15, -0.1) is 0 Å². The minimum Gasteiger partial charge on any atom is -0.391 e. The molecule has 55 heavy (non-hydrogen) atoms. The van der Waals surface area contributed by atoms with E-state index in [4.69, 9.17) is 14.8 Å². The number of hydrogen-bond acceptors (Lipinski definition) is 6. The monoisotopic (exact) mass is 801 g/mol. The third-order valence-electron chi connectivity index (χ3n) is 10.9. The highest BCUT2D eigenvalue weighted by Crippen LogP contribution is 2.43. The fourth-order valence-electron chi connectivity index (χ4n) is 7.25. The molecule has 5 N–H and O–H groups in total. The summed E-state index contributed by atoms with van der Waals surface area (Å²) in [5.41, 5.74) is 5.39. The molecule has 0 spiro atoms. The summed E-state index contributed by atoms with van der Waals surface area (Å²) in [7, 11) is -4.32. The molecule has 0 bridgehead atoms. The lowest BCUT2D eigenvalue weighted by atomic mass is 10.0. The van der Waals surface area contributed by atoms with Gasteiger partial charge >= 0.3 is 7.82 Å². The van der Waals surface area contributed by atoms with Gasteiger partial charge in [0.05, 0.1) is 25.4 Å². The lowest BCUT2D eigenvalue weighted by molar-refractivity contribution is -0.123. The topological polar surface area (TPSA) is 131 Å². The number of aliphatic hydroxyl groups excluding tert-OH is 1. The fourth-order valence-corrected chi connectivity index (χ4v) is 8.01. The number of allylic oxidation sites excluding steroid dienone is 2. The second-order valence-electron chi connectivity index (χ2n) is 16.3. The lowest BCUT2D eigenvalue weighted by Gasteiger charge is -2.25. The first-order valence-electron chi connectivity index (χ1n) is 23.8. The van der Waals surface area contributed by atoms with E-state index in [1.165, 1.54) is 167 Å². The van der Waals surface area contributed by atoms with E-state index in [1.807, 2.05) is 0 Å². The molecule has 0 saturated carbocycles. The zero-order valence-electron chi connectivity index (χ0n) is 36.4. The lowest BCUT2D eigenvalue weighted by Crippen LogP contribution is -2.46. The number of carbonyl (C=O) groups excluding carboxylic acids is 1. The van der Waals surface area contributed by atoms with Gasteiger partial charge in [0.25, 0.3) is 0 Å². The van der Waals surface area contributed by atoms with E-state index in [1.54, 1.807) is 0 Å². The highest BCUT2D eigenvalue weighted by atomic mass is 31.2. The van der Waals surface area contributed by atoms with Crippen LogP contribution in [0.25, 0.3) is 0 Å². The van der Waals surface area contributed by atoms with Gasteiger partial charge in [-0.2, -0.15) is 0 Å². The standard InChI is InChI=1S/C46H93N2O6P/c1-3-5-7-9-11-13-15-17-19-20-21-22-23-24-26-27-29-31-33-35-37-39-45(49)44(43-54-55(51,52)53-42-41-47)48-46(50)40-38-36-34-32-30-28-25-18-16-14-12-10-8-6-4-2/h18,25,44-45,49H,3-17,19-24,26-43,47H2,1-2H3,(H,48,50)(H,51,52)/b25-18-. The maximum atomic E-state index is 12.8. The van der Waals surface area contributed by atoms with Crippen molar-refractivity contribution in [2.45, 2.75) is 257 Å². The Kier molecular flexibility index (Phi) is 42.2. The van der Waals surface area contributed by atoms with Gasteiger partial charge in [0.2, 0.25) is 5.91 Å². The summed E-state index contributed by atoms with van der Waals surface area (Å²) in [4.78, 5) is 22.8. The Bertz CT molecular complexity index is 875. The number of hydrogen-bond donors (Lipinski definition) is 4. The van der Waals surface area contributed by atoms with Crippen LogP contribution >= 0.6 is 7.82 Å². The molecule has 328 valence electrons. The molecule has 0 aliphatic rings. The summed E-state index contributed by atoms with van der Waals surface area (Å²) in [6, 6.07) is -0.775. The summed E-state index contributed by atoms with van der Waals surface area (Å²) in [6.45, 7) is 4.22. The van der Waals surface area contributed by atoms with Gasteiger partial charge in [-0.3, -0.25) is 13.8 Å². The quantitative estimate of drug-likeness (QED) is 0.0274. The van der Waals surface area contributed by atoms with Crippen LogP contribution in [-0.4, -0.2) is 47.8 Å². The number of aliphatic hydroxyl groups is 1. The molecule has 0 aromatic rings. The molecule has 1 amide bonds. The van der Waals surface area contributed by atoms with E-state index >= 15 is 0 Å². The Morgan fingerprint density at radius 2 is 0.945 bits per heavy atom. The maximum absolute atomic E-state index is 12.8. The van der Waals surface area contributed by atoms with Crippen molar-refractivity contribution in [2.75, 3.05) is 19.8 Å². The second-order valence-corrected chi connectivity index (χ2v) is 17.8. The second kappa shape index (κ2) is 42.8. The number of unbranched alkanes of at least 4 members (excludes halogenated alkanes) is 31. The largest absolute Gasteiger partial charge is 0.472 e. The highest BCUT2D eigenvalue weighted by Gasteiger charge is 2.27. The minimum atomic E-state index is -4.32. The Hall–Kier alpha value is -0.760. The number of rotatable bonds is 45. The van der Waals surface area contributed by atoms with Crippen LogP contribution < -0.4 is 11.1 Å². The first-order valence-corrected chi connectivity index (χ1v) is 25.3. The molecule has 0 radical (unpaired) electrons. The predicted octanol–water partition coefficient (Wildman–Crippen LogP) is 13.6. The first-order chi connectivity index (χ1) is 26.9. The van der Waals surface area contributed by atoms with Crippen LogP contribution in [0.2, 0.25) is 0 Å². The molecule has 3 atom stereocenters. The number of amides is 1. The number of phosphoric ester groups is 1. The van der Waals surface area contributed by atoms with Crippen LogP contribution in [0.15, 0.2) is 12.2 Å². The van der Waals surface area contributed by atoms with Gasteiger partial charge in [-0.05, 0) is 38.5 Å². The Morgan fingerprint density at radius 3 is 1.35 bits per heavy atom. The Labute approximate surface area is 341 Å². The molecular formula is C46H93N2O6P. The number of phosphoric acid groups is 1.